The van der Waals surface area contributed by atoms with Crippen LogP contribution in [-0.4, -0.2) is 36.8 Å². The van der Waals surface area contributed by atoms with Crippen LogP contribution in [0.25, 0.3) is 0 Å². The molecule has 2 nitrogen and oxygen atoms in total. The number of nitrogens with zero attached hydrogens (tertiary/aromatic N) is 1. The normalized spacial score (nSPS) is 25.8. The summed E-state index contributed by atoms with van der Waals surface area (Å²) in [5.74, 6) is 1.74. The van der Waals surface area contributed by atoms with Gasteiger partial charge in [0, 0.05) is 6.54 Å². The zero-order valence-electron chi connectivity index (χ0n) is 8.41. The Labute approximate surface area is 87.3 Å². The summed E-state index contributed by atoms with van der Waals surface area (Å²) in [6.07, 6.45) is 5.25. The molecule has 0 aromatic rings. The molecule has 1 aliphatic heterocycles. The predicted molar refractivity (Wildman–Crippen MR) is 61.3 cm³/mol. The maximum atomic E-state index is 5.72. The van der Waals surface area contributed by atoms with Crippen molar-refractivity contribution in [1.82, 2.24) is 4.90 Å². The fourth-order valence-electron chi connectivity index (χ4n) is 2.01. The van der Waals surface area contributed by atoms with Gasteiger partial charge >= 0.3 is 0 Å². The fourth-order valence-corrected chi connectivity index (χ4v) is 2.15. The van der Waals surface area contributed by atoms with E-state index in [4.69, 9.17) is 5.73 Å². The largest absolute Gasteiger partial charge is 0.330 e. The minimum absolute atomic E-state index is 0.738. The van der Waals surface area contributed by atoms with Gasteiger partial charge in [-0.25, -0.2) is 0 Å². The lowest BCUT2D eigenvalue weighted by molar-refractivity contribution is 0.252. The molecule has 1 heterocycles. The summed E-state index contributed by atoms with van der Waals surface area (Å²) in [4.78, 5) is 2.56. The highest BCUT2D eigenvalue weighted by atomic mass is 32.1. The van der Waals surface area contributed by atoms with Crippen LogP contribution in [0.4, 0.5) is 0 Å². The van der Waals surface area contributed by atoms with Crippen molar-refractivity contribution in [2.75, 3.05) is 31.9 Å². The molecule has 0 aliphatic carbocycles. The van der Waals surface area contributed by atoms with Crippen molar-refractivity contribution >= 4 is 12.6 Å². The Kier molecular flexibility index (Phi) is 5.83. The highest BCUT2D eigenvalue weighted by Gasteiger charge is 2.15. The van der Waals surface area contributed by atoms with E-state index in [-0.39, 0.29) is 0 Å². The van der Waals surface area contributed by atoms with E-state index in [1.54, 1.807) is 0 Å². The molecule has 0 bridgehead atoms. The van der Waals surface area contributed by atoms with Gasteiger partial charge in [0.05, 0.1) is 0 Å². The summed E-state index contributed by atoms with van der Waals surface area (Å²) in [7, 11) is 0. The highest BCUT2D eigenvalue weighted by molar-refractivity contribution is 7.80. The van der Waals surface area contributed by atoms with Gasteiger partial charge in [0.25, 0.3) is 0 Å². The third kappa shape index (κ3) is 4.34. The molecule has 13 heavy (non-hydrogen) atoms. The van der Waals surface area contributed by atoms with Gasteiger partial charge in [-0.2, -0.15) is 12.6 Å². The topological polar surface area (TPSA) is 29.3 Å². The predicted octanol–water partition coefficient (Wildman–Crippen LogP) is 1.37. The minimum atomic E-state index is 0.738. The second kappa shape index (κ2) is 6.68. The highest BCUT2D eigenvalue weighted by Crippen LogP contribution is 2.15. The lowest BCUT2D eigenvalue weighted by Gasteiger charge is -2.22. The van der Waals surface area contributed by atoms with E-state index in [9.17, 15) is 0 Å². The summed E-state index contributed by atoms with van der Waals surface area (Å²) < 4.78 is 0. The van der Waals surface area contributed by atoms with Gasteiger partial charge in [-0.15, -0.1) is 0 Å². The molecule has 1 saturated heterocycles. The molecule has 1 fully saturated rings. The van der Waals surface area contributed by atoms with Crippen LogP contribution < -0.4 is 5.73 Å². The molecule has 1 atom stereocenters. The SMILES string of the molecule is NCC1CCCCN(CCCS)C1. The first-order valence-corrected chi connectivity index (χ1v) is 6.03. The first kappa shape index (κ1) is 11.3. The average Bonchev–Trinajstić information content (AvgIpc) is 2.39. The van der Waals surface area contributed by atoms with Crippen LogP contribution in [0.3, 0.4) is 0 Å². The van der Waals surface area contributed by atoms with E-state index in [1.165, 1.54) is 45.3 Å². The number of nitrogens with two attached hydrogens (primary N) is 1. The van der Waals surface area contributed by atoms with E-state index in [0.717, 1.165) is 18.2 Å². The standard InChI is InChI=1S/C10H22N2S/c11-8-10-4-1-2-5-12(9-10)6-3-7-13/h10,13H,1-9,11H2. The zero-order chi connectivity index (χ0) is 9.52. The quantitative estimate of drug-likeness (QED) is 0.674. The number of rotatable bonds is 4. The maximum Gasteiger partial charge on any atom is 0.00217 e. The van der Waals surface area contributed by atoms with Gasteiger partial charge in [-0.05, 0) is 50.6 Å². The van der Waals surface area contributed by atoms with Gasteiger partial charge in [-0.3, -0.25) is 0 Å². The molecule has 1 aliphatic rings. The molecular formula is C10H22N2S. The van der Waals surface area contributed by atoms with E-state index in [0.29, 0.717) is 0 Å². The first-order chi connectivity index (χ1) is 6.36. The molecule has 3 heteroatoms. The van der Waals surface area contributed by atoms with Crippen molar-refractivity contribution in [3.8, 4) is 0 Å². The smallest absolute Gasteiger partial charge is 0.00217 e. The third-order valence-corrected chi connectivity index (χ3v) is 3.14. The number of thiol groups is 1. The molecule has 0 amide bonds. The van der Waals surface area contributed by atoms with E-state index in [1.807, 2.05) is 0 Å². The third-order valence-electron chi connectivity index (χ3n) is 2.82. The number of hydrogen-bond acceptors (Lipinski definition) is 3. The van der Waals surface area contributed by atoms with Crippen LogP contribution in [0.15, 0.2) is 0 Å². The van der Waals surface area contributed by atoms with E-state index in [2.05, 4.69) is 17.5 Å². The van der Waals surface area contributed by atoms with Crippen LogP contribution >= 0.6 is 12.6 Å². The Bertz CT molecular complexity index is 130. The van der Waals surface area contributed by atoms with Gasteiger partial charge in [0.1, 0.15) is 0 Å². The summed E-state index contributed by atoms with van der Waals surface area (Å²) >= 11 is 4.24. The Hall–Kier alpha value is 0.270. The van der Waals surface area contributed by atoms with Gasteiger partial charge < -0.3 is 10.6 Å². The van der Waals surface area contributed by atoms with Crippen molar-refractivity contribution in [2.24, 2.45) is 11.7 Å². The molecule has 78 valence electrons. The molecule has 0 aromatic carbocycles. The van der Waals surface area contributed by atoms with E-state index >= 15 is 0 Å². The minimum Gasteiger partial charge on any atom is -0.330 e. The Balaban J connectivity index is 2.26. The van der Waals surface area contributed by atoms with Crippen molar-refractivity contribution < 1.29 is 0 Å². The summed E-state index contributed by atoms with van der Waals surface area (Å²) in [6, 6.07) is 0. The van der Waals surface area contributed by atoms with Crippen molar-refractivity contribution in [3.63, 3.8) is 0 Å². The van der Waals surface area contributed by atoms with Crippen LogP contribution in [0.1, 0.15) is 25.7 Å². The first-order valence-electron chi connectivity index (χ1n) is 5.40. The van der Waals surface area contributed by atoms with Crippen molar-refractivity contribution in [3.05, 3.63) is 0 Å². The zero-order valence-corrected chi connectivity index (χ0v) is 9.31. The van der Waals surface area contributed by atoms with Crippen LogP contribution in [-0.2, 0) is 0 Å². The Morgan fingerprint density at radius 3 is 2.92 bits per heavy atom. The molecule has 0 radical (unpaired) electrons. The van der Waals surface area contributed by atoms with Crippen LogP contribution in [0, 0.1) is 5.92 Å². The van der Waals surface area contributed by atoms with Gasteiger partial charge in [0.2, 0.25) is 0 Å². The molecule has 0 aromatic heterocycles. The lowest BCUT2D eigenvalue weighted by atomic mass is 10.0. The Morgan fingerprint density at radius 2 is 2.23 bits per heavy atom. The van der Waals surface area contributed by atoms with Crippen molar-refractivity contribution in [1.29, 1.82) is 0 Å². The molecule has 0 spiro atoms. The van der Waals surface area contributed by atoms with Crippen molar-refractivity contribution in [2.45, 2.75) is 25.7 Å². The summed E-state index contributed by atoms with van der Waals surface area (Å²) in [5, 5.41) is 0. The average molecular weight is 202 g/mol. The number of likely N-dealkylation sites (tertiary alicyclic amines) is 1. The fraction of sp³-hybridized carbons (Fsp3) is 1.00. The molecule has 0 saturated carbocycles. The van der Waals surface area contributed by atoms with E-state index < -0.39 is 0 Å². The van der Waals surface area contributed by atoms with Crippen LogP contribution in [0.5, 0.6) is 0 Å². The number of hydrogen-bond donors (Lipinski definition) is 2. The molecule has 1 unspecified atom stereocenters. The van der Waals surface area contributed by atoms with Gasteiger partial charge in [0.15, 0.2) is 0 Å². The monoisotopic (exact) mass is 202 g/mol. The molecule has 1 rings (SSSR count). The lowest BCUT2D eigenvalue weighted by Crippen LogP contribution is -2.32. The summed E-state index contributed by atoms with van der Waals surface area (Å²) in [5.41, 5.74) is 5.72. The molecule has 2 N–H and O–H groups in total. The second-order valence-electron chi connectivity index (χ2n) is 3.98. The Morgan fingerprint density at radius 1 is 1.38 bits per heavy atom. The second-order valence-corrected chi connectivity index (χ2v) is 4.42. The summed E-state index contributed by atoms with van der Waals surface area (Å²) in [6.45, 7) is 4.55. The van der Waals surface area contributed by atoms with Gasteiger partial charge in [-0.1, -0.05) is 6.42 Å². The van der Waals surface area contributed by atoms with Crippen LogP contribution in [0.2, 0.25) is 0 Å². The maximum absolute atomic E-state index is 5.72. The molecular weight excluding hydrogens is 180 g/mol.